The summed E-state index contributed by atoms with van der Waals surface area (Å²) in [7, 11) is 0. The molecule has 0 aliphatic carbocycles. The Kier molecular flexibility index (Phi) is 9.02. The van der Waals surface area contributed by atoms with Gasteiger partial charge in [-0.15, -0.1) is 11.3 Å². The number of thiophene rings is 1. The van der Waals surface area contributed by atoms with Crippen LogP contribution in [0.5, 0.6) is 5.88 Å². The summed E-state index contributed by atoms with van der Waals surface area (Å²) in [4.78, 5) is 21.0. The van der Waals surface area contributed by atoms with E-state index < -0.39 is 17.7 Å². The first kappa shape index (κ1) is 27.4. The van der Waals surface area contributed by atoms with E-state index in [0.29, 0.717) is 28.6 Å². The van der Waals surface area contributed by atoms with E-state index in [2.05, 4.69) is 28.4 Å². The molecule has 0 aliphatic heterocycles. The molecule has 0 radical (unpaired) electrons. The van der Waals surface area contributed by atoms with Crippen LogP contribution in [0.4, 0.5) is 13.2 Å². The first-order valence-corrected chi connectivity index (χ1v) is 11.9. The topological polar surface area (TPSA) is 69.0 Å². The number of halogens is 3. The number of nitrogens with one attached hydrogen (secondary N) is 1. The Balaban J connectivity index is 1.69. The average Bonchev–Trinajstić information content (AvgIpc) is 3.53. The van der Waals surface area contributed by atoms with Gasteiger partial charge in [0.05, 0.1) is 11.8 Å². The minimum atomic E-state index is -4.43. The van der Waals surface area contributed by atoms with Crippen LogP contribution in [0.25, 0.3) is 16.0 Å². The summed E-state index contributed by atoms with van der Waals surface area (Å²) in [6, 6.07) is 5.82. The summed E-state index contributed by atoms with van der Waals surface area (Å²) in [6.45, 7) is 9.93. The van der Waals surface area contributed by atoms with Crippen molar-refractivity contribution in [2.24, 2.45) is 0 Å². The van der Waals surface area contributed by atoms with Crippen LogP contribution in [0.15, 0.2) is 108 Å². The minimum absolute atomic E-state index is 0.157. The van der Waals surface area contributed by atoms with Gasteiger partial charge in [-0.2, -0.15) is 13.2 Å². The molecule has 192 valence electrons. The second kappa shape index (κ2) is 12.2. The predicted octanol–water partition coefficient (Wildman–Crippen LogP) is 6.96. The number of alkyl halides is 3. The van der Waals surface area contributed by atoms with Crippen LogP contribution in [-0.4, -0.2) is 26.6 Å². The molecule has 6 nitrogen and oxygen atoms in total. The SMILES string of the molecule is C=C/C(=C\C=C(/C)C(F)(F)F)CC(=O)N/C(C=C)=C/C=C(\C)Oc1ncnc2c1ccn2-c1cccs1. The van der Waals surface area contributed by atoms with Crippen LogP contribution in [0.2, 0.25) is 0 Å². The molecule has 0 aliphatic rings. The number of carbonyl (C=O) groups excluding carboxylic acids is 1. The fourth-order valence-electron chi connectivity index (χ4n) is 3.06. The number of amides is 1. The van der Waals surface area contributed by atoms with Crippen LogP contribution < -0.4 is 10.1 Å². The van der Waals surface area contributed by atoms with Gasteiger partial charge >= 0.3 is 6.18 Å². The molecule has 0 saturated carbocycles. The summed E-state index contributed by atoms with van der Waals surface area (Å²) in [5.74, 6) is 0.446. The first-order valence-electron chi connectivity index (χ1n) is 11.0. The largest absolute Gasteiger partial charge is 0.443 e. The molecule has 0 saturated heterocycles. The molecule has 0 aromatic carbocycles. The van der Waals surface area contributed by atoms with Gasteiger partial charge in [-0.1, -0.05) is 31.4 Å². The van der Waals surface area contributed by atoms with Gasteiger partial charge in [0.2, 0.25) is 11.8 Å². The number of aromatic nitrogens is 3. The molecule has 3 aromatic rings. The third-order valence-electron chi connectivity index (χ3n) is 5.07. The van der Waals surface area contributed by atoms with Crippen molar-refractivity contribution < 1.29 is 22.7 Å². The van der Waals surface area contributed by atoms with E-state index >= 15 is 0 Å². The van der Waals surface area contributed by atoms with Crippen LogP contribution in [0, 0.1) is 0 Å². The quantitative estimate of drug-likeness (QED) is 0.229. The third kappa shape index (κ3) is 7.40. The molecule has 0 bridgehead atoms. The molecule has 1 amide bonds. The van der Waals surface area contributed by atoms with Gasteiger partial charge in [-0.05, 0) is 61.2 Å². The van der Waals surface area contributed by atoms with Crippen molar-refractivity contribution in [3.8, 4) is 10.9 Å². The highest BCUT2D eigenvalue weighted by Gasteiger charge is 2.29. The van der Waals surface area contributed by atoms with Crippen LogP contribution in [0.3, 0.4) is 0 Å². The Morgan fingerprint density at radius 3 is 2.57 bits per heavy atom. The van der Waals surface area contributed by atoms with E-state index in [9.17, 15) is 18.0 Å². The van der Waals surface area contributed by atoms with Crippen molar-refractivity contribution in [3.05, 3.63) is 108 Å². The number of carbonyl (C=O) groups is 1. The second-order valence-electron chi connectivity index (χ2n) is 7.78. The molecule has 0 spiro atoms. The molecule has 3 heterocycles. The molecule has 37 heavy (non-hydrogen) atoms. The van der Waals surface area contributed by atoms with Crippen molar-refractivity contribution in [1.82, 2.24) is 19.9 Å². The fourth-order valence-corrected chi connectivity index (χ4v) is 3.78. The van der Waals surface area contributed by atoms with Gasteiger partial charge in [0.25, 0.3) is 0 Å². The predicted molar refractivity (Wildman–Crippen MR) is 140 cm³/mol. The molecule has 3 aromatic heterocycles. The smallest absolute Gasteiger partial charge is 0.412 e. The van der Waals surface area contributed by atoms with Crippen molar-refractivity contribution in [2.75, 3.05) is 0 Å². The highest BCUT2D eigenvalue weighted by molar-refractivity contribution is 7.12. The Labute approximate surface area is 216 Å². The van der Waals surface area contributed by atoms with Crippen molar-refractivity contribution in [1.29, 1.82) is 0 Å². The van der Waals surface area contributed by atoms with E-state index in [1.165, 1.54) is 24.6 Å². The fraction of sp³-hybridized carbons (Fsp3) is 0.148. The molecule has 1 N–H and O–H groups in total. The lowest BCUT2D eigenvalue weighted by Crippen LogP contribution is -2.21. The van der Waals surface area contributed by atoms with Gasteiger partial charge in [0, 0.05) is 17.5 Å². The Morgan fingerprint density at radius 1 is 1.14 bits per heavy atom. The van der Waals surface area contributed by atoms with Gasteiger partial charge in [0.1, 0.15) is 17.1 Å². The number of hydrogen-bond acceptors (Lipinski definition) is 5. The summed E-state index contributed by atoms with van der Waals surface area (Å²) in [5.41, 5.74) is 0.654. The van der Waals surface area contributed by atoms with Crippen molar-refractivity contribution >= 4 is 28.3 Å². The molecular weight excluding hydrogens is 501 g/mol. The van der Waals surface area contributed by atoms with Gasteiger partial charge in [-0.25, -0.2) is 9.97 Å². The second-order valence-corrected chi connectivity index (χ2v) is 8.70. The number of allylic oxidation sites excluding steroid dienone is 8. The summed E-state index contributed by atoms with van der Waals surface area (Å²) < 4.78 is 45.8. The maximum absolute atomic E-state index is 12.7. The lowest BCUT2D eigenvalue weighted by molar-refractivity contribution is -0.119. The highest BCUT2D eigenvalue weighted by Crippen LogP contribution is 2.28. The lowest BCUT2D eigenvalue weighted by atomic mass is 10.1. The van der Waals surface area contributed by atoms with E-state index in [0.717, 1.165) is 23.4 Å². The normalized spacial score (nSPS) is 13.5. The number of ether oxygens (including phenoxy) is 1. The molecular formula is C27H25F3N4O2S. The number of rotatable bonds is 10. The Bertz CT molecular complexity index is 1410. The molecule has 0 unspecified atom stereocenters. The van der Waals surface area contributed by atoms with E-state index in [4.69, 9.17) is 4.74 Å². The van der Waals surface area contributed by atoms with Gasteiger partial charge in [-0.3, -0.25) is 9.36 Å². The lowest BCUT2D eigenvalue weighted by Gasteiger charge is -2.08. The number of hydrogen-bond donors (Lipinski definition) is 1. The van der Waals surface area contributed by atoms with Crippen molar-refractivity contribution in [2.45, 2.75) is 26.4 Å². The molecule has 3 rings (SSSR count). The third-order valence-corrected chi connectivity index (χ3v) is 5.94. The summed E-state index contributed by atoms with van der Waals surface area (Å²) >= 11 is 1.59. The number of fused-ring (bicyclic) bond motifs is 1. The average molecular weight is 527 g/mol. The van der Waals surface area contributed by atoms with E-state index in [1.807, 2.05) is 34.3 Å². The van der Waals surface area contributed by atoms with E-state index in [1.54, 1.807) is 30.4 Å². The zero-order valence-corrected chi connectivity index (χ0v) is 21.1. The van der Waals surface area contributed by atoms with E-state index in [-0.39, 0.29) is 6.42 Å². The summed E-state index contributed by atoms with van der Waals surface area (Å²) in [6.07, 6.45) is 6.89. The molecule has 10 heteroatoms. The standard InChI is InChI=1S/C27H25F3N4O2S/c1-5-20(11-9-18(3)27(28,29)30)16-23(35)33-21(6-2)12-10-19(4)36-26-22-13-14-34(24-8-7-15-37-24)25(22)31-17-32-26/h5-15,17H,1-2,16H2,3-4H3,(H,33,35)/b18-9+,19-10+,20-11+,21-12+. The van der Waals surface area contributed by atoms with Crippen molar-refractivity contribution in [3.63, 3.8) is 0 Å². The maximum atomic E-state index is 12.7. The van der Waals surface area contributed by atoms with Crippen LogP contribution >= 0.6 is 11.3 Å². The molecule has 0 atom stereocenters. The zero-order chi connectivity index (χ0) is 27.0. The van der Waals surface area contributed by atoms with Gasteiger partial charge < -0.3 is 10.1 Å². The highest BCUT2D eigenvalue weighted by atomic mass is 32.1. The monoisotopic (exact) mass is 526 g/mol. The maximum Gasteiger partial charge on any atom is 0.412 e. The Hall–Kier alpha value is -4.18. The van der Waals surface area contributed by atoms with Crippen LogP contribution in [-0.2, 0) is 4.79 Å². The molecule has 0 fully saturated rings. The van der Waals surface area contributed by atoms with Crippen LogP contribution in [0.1, 0.15) is 20.3 Å². The first-order chi connectivity index (χ1) is 17.6. The summed E-state index contributed by atoms with van der Waals surface area (Å²) in [5, 5.41) is 6.40. The van der Waals surface area contributed by atoms with Gasteiger partial charge in [0.15, 0.2) is 5.65 Å². The minimum Gasteiger partial charge on any atom is -0.443 e. The zero-order valence-electron chi connectivity index (χ0n) is 20.2. The number of nitrogens with zero attached hydrogens (tertiary/aromatic N) is 3. The Morgan fingerprint density at radius 2 is 1.92 bits per heavy atom.